The highest BCUT2D eigenvalue weighted by molar-refractivity contribution is 7.12. The molecule has 1 rings (SSSR count). The summed E-state index contributed by atoms with van der Waals surface area (Å²) < 4.78 is 5.31. The van der Waals surface area contributed by atoms with E-state index in [-0.39, 0.29) is 10.8 Å². The van der Waals surface area contributed by atoms with E-state index in [1.807, 2.05) is 13.0 Å². The Morgan fingerprint density at radius 2 is 2.44 bits per heavy atom. The van der Waals surface area contributed by atoms with Crippen molar-refractivity contribution < 1.29 is 14.6 Å². The monoisotopic (exact) mass is 237 g/mol. The number of rotatable bonds is 5. The minimum Gasteiger partial charge on any atom is -0.477 e. The van der Waals surface area contributed by atoms with Gasteiger partial charge in [-0.15, -0.1) is 11.3 Å². The van der Waals surface area contributed by atoms with Gasteiger partial charge in [0.1, 0.15) is 5.76 Å². The van der Waals surface area contributed by atoms with Gasteiger partial charge in [0, 0.05) is 0 Å². The molecule has 0 aliphatic heterocycles. The van der Waals surface area contributed by atoms with E-state index in [2.05, 4.69) is 11.6 Å². The summed E-state index contributed by atoms with van der Waals surface area (Å²) in [4.78, 5) is 14.7. The molecule has 1 N–H and O–H groups in total. The Kier molecular flexibility index (Phi) is 4.47. The molecule has 1 heterocycles. The Labute approximate surface area is 97.2 Å². The maximum absolute atomic E-state index is 10.8. The topological polar surface area (TPSA) is 59.4 Å². The minimum atomic E-state index is -1.05. The Hall–Kier alpha value is -1.88. The number of ether oxygens (including phenoxy) is 1. The van der Waals surface area contributed by atoms with Crippen LogP contribution in [0, 0.1) is 0 Å². The zero-order valence-corrected chi connectivity index (χ0v) is 9.53. The van der Waals surface area contributed by atoms with E-state index in [1.54, 1.807) is 12.2 Å². The second-order valence-electron chi connectivity index (χ2n) is 2.69. The van der Waals surface area contributed by atoms with Gasteiger partial charge in [-0.2, -0.15) is 0 Å². The third-order valence-electron chi connectivity index (χ3n) is 1.60. The first-order valence-electron chi connectivity index (χ1n) is 4.49. The van der Waals surface area contributed by atoms with Crippen molar-refractivity contribution in [2.24, 2.45) is 0 Å². The molecule has 0 unspecified atom stereocenters. The van der Waals surface area contributed by atoms with Crippen LogP contribution in [0.15, 0.2) is 42.2 Å². The van der Waals surface area contributed by atoms with Crippen molar-refractivity contribution in [1.29, 1.82) is 0 Å². The van der Waals surface area contributed by atoms with Gasteiger partial charge in [-0.1, -0.05) is 18.7 Å². The van der Waals surface area contributed by atoms with Crippen LogP contribution in [0.1, 0.15) is 16.6 Å². The van der Waals surface area contributed by atoms with E-state index in [1.165, 1.54) is 11.6 Å². The number of hydrogen-bond acceptors (Lipinski definition) is 4. The maximum atomic E-state index is 10.8. The van der Waals surface area contributed by atoms with Crippen molar-refractivity contribution in [3.8, 4) is 5.88 Å². The van der Waals surface area contributed by atoms with E-state index in [0.29, 0.717) is 5.76 Å². The minimum absolute atomic E-state index is 0.0771. The molecule has 0 amide bonds. The average molecular weight is 237 g/mol. The second kappa shape index (κ2) is 5.87. The number of aromatic carboxylic acids is 1. The van der Waals surface area contributed by atoms with Gasteiger partial charge in [-0.3, -0.25) is 0 Å². The summed E-state index contributed by atoms with van der Waals surface area (Å²) >= 11 is 1.02. The van der Waals surface area contributed by atoms with Crippen LogP contribution in [-0.2, 0) is 0 Å². The molecule has 16 heavy (non-hydrogen) atoms. The van der Waals surface area contributed by atoms with Crippen molar-refractivity contribution in [2.75, 3.05) is 0 Å². The molecule has 84 valence electrons. The summed E-state index contributed by atoms with van der Waals surface area (Å²) in [6, 6.07) is 0. The molecule has 0 saturated heterocycles. The standard InChI is InChI=1S/C11H11NO3S/c1-3-5-6-8(4-2)15-10-9(11(13)14)16-7-12-10/h3-7H,2H2,1H3,(H,13,14)/b5-3-,8-6+. The number of aromatic nitrogens is 1. The fourth-order valence-corrected chi connectivity index (χ4v) is 1.45. The van der Waals surface area contributed by atoms with E-state index in [9.17, 15) is 4.79 Å². The van der Waals surface area contributed by atoms with E-state index in [4.69, 9.17) is 9.84 Å². The third-order valence-corrected chi connectivity index (χ3v) is 2.39. The van der Waals surface area contributed by atoms with Crippen molar-refractivity contribution in [3.63, 3.8) is 0 Å². The first-order chi connectivity index (χ1) is 7.69. The molecule has 0 fully saturated rings. The van der Waals surface area contributed by atoms with Crippen molar-refractivity contribution in [2.45, 2.75) is 6.92 Å². The molecule has 4 nitrogen and oxygen atoms in total. The number of hydrogen-bond donors (Lipinski definition) is 1. The first kappa shape index (κ1) is 12.2. The van der Waals surface area contributed by atoms with Crippen LogP contribution in [0.2, 0.25) is 0 Å². The summed E-state index contributed by atoms with van der Waals surface area (Å²) in [5, 5.41) is 8.85. The second-order valence-corrected chi connectivity index (χ2v) is 3.55. The highest BCUT2D eigenvalue weighted by Crippen LogP contribution is 2.23. The van der Waals surface area contributed by atoms with Crippen molar-refractivity contribution in [1.82, 2.24) is 4.98 Å². The van der Waals surface area contributed by atoms with Crippen LogP contribution in [0.4, 0.5) is 0 Å². The van der Waals surface area contributed by atoms with Gasteiger partial charge >= 0.3 is 5.97 Å². The van der Waals surface area contributed by atoms with Crippen LogP contribution in [0.25, 0.3) is 0 Å². The molecular weight excluding hydrogens is 226 g/mol. The van der Waals surface area contributed by atoms with Crippen LogP contribution < -0.4 is 4.74 Å². The lowest BCUT2D eigenvalue weighted by atomic mass is 10.4. The number of carboxylic acids is 1. The number of allylic oxidation sites excluding steroid dienone is 4. The molecule has 0 aromatic carbocycles. The number of nitrogens with zero attached hydrogens (tertiary/aromatic N) is 1. The molecule has 1 aromatic rings. The predicted octanol–water partition coefficient (Wildman–Crippen LogP) is 2.87. The lowest BCUT2D eigenvalue weighted by Crippen LogP contribution is -1.99. The molecule has 0 aliphatic rings. The molecule has 0 radical (unpaired) electrons. The van der Waals surface area contributed by atoms with Crippen LogP contribution >= 0.6 is 11.3 Å². The van der Waals surface area contributed by atoms with Gasteiger partial charge in [0.15, 0.2) is 4.88 Å². The lowest BCUT2D eigenvalue weighted by molar-refractivity contribution is 0.0699. The van der Waals surface area contributed by atoms with E-state index >= 15 is 0 Å². The molecule has 5 heteroatoms. The molecule has 0 aliphatic carbocycles. The summed E-state index contributed by atoms with van der Waals surface area (Å²) in [5.74, 6) is -0.508. The average Bonchev–Trinajstić information content (AvgIpc) is 2.72. The van der Waals surface area contributed by atoms with Crippen LogP contribution in [0.3, 0.4) is 0 Å². The summed E-state index contributed by atoms with van der Waals surface area (Å²) in [6.45, 7) is 5.43. The Bertz CT molecular complexity index is 446. The van der Waals surface area contributed by atoms with Gasteiger partial charge in [0.25, 0.3) is 0 Å². The number of thiazole rings is 1. The number of carboxylic acid groups (broad SMARTS) is 1. The smallest absolute Gasteiger partial charge is 0.351 e. The van der Waals surface area contributed by atoms with Crippen molar-refractivity contribution in [3.05, 3.63) is 47.0 Å². The SMILES string of the molecule is C=C/C(=C\C=C/C)Oc1ncsc1C(=O)O. The van der Waals surface area contributed by atoms with Gasteiger partial charge in [-0.25, -0.2) is 9.78 Å². The summed E-state index contributed by atoms with van der Waals surface area (Å²) in [5.41, 5.74) is 1.43. The molecule has 0 atom stereocenters. The van der Waals surface area contributed by atoms with E-state index in [0.717, 1.165) is 11.3 Å². The van der Waals surface area contributed by atoms with Crippen LogP contribution in [0.5, 0.6) is 5.88 Å². The maximum Gasteiger partial charge on any atom is 0.351 e. The molecular formula is C11H11NO3S. The zero-order valence-electron chi connectivity index (χ0n) is 8.71. The van der Waals surface area contributed by atoms with Gasteiger partial charge in [-0.05, 0) is 19.1 Å². The summed E-state index contributed by atoms with van der Waals surface area (Å²) in [6.07, 6.45) is 6.76. The number of carbonyl (C=O) groups is 1. The van der Waals surface area contributed by atoms with Gasteiger partial charge in [0.2, 0.25) is 5.88 Å². The largest absolute Gasteiger partial charge is 0.477 e. The quantitative estimate of drug-likeness (QED) is 0.632. The lowest BCUT2D eigenvalue weighted by Gasteiger charge is -2.02. The van der Waals surface area contributed by atoms with Crippen LogP contribution in [-0.4, -0.2) is 16.1 Å². The molecule has 0 saturated carbocycles. The highest BCUT2D eigenvalue weighted by atomic mass is 32.1. The fourth-order valence-electron chi connectivity index (χ4n) is 0.897. The Morgan fingerprint density at radius 3 is 3.00 bits per heavy atom. The first-order valence-corrected chi connectivity index (χ1v) is 5.37. The molecule has 0 bridgehead atoms. The van der Waals surface area contributed by atoms with Gasteiger partial charge in [0.05, 0.1) is 5.51 Å². The van der Waals surface area contributed by atoms with Crippen molar-refractivity contribution >= 4 is 17.3 Å². The highest BCUT2D eigenvalue weighted by Gasteiger charge is 2.15. The normalized spacial score (nSPS) is 11.7. The van der Waals surface area contributed by atoms with E-state index < -0.39 is 5.97 Å². The fraction of sp³-hybridized carbons (Fsp3) is 0.0909. The zero-order chi connectivity index (χ0) is 12.0. The Morgan fingerprint density at radius 1 is 1.69 bits per heavy atom. The third kappa shape index (κ3) is 3.06. The summed E-state index contributed by atoms with van der Waals surface area (Å²) in [7, 11) is 0. The van der Waals surface area contributed by atoms with Gasteiger partial charge < -0.3 is 9.84 Å². The predicted molar refractivity (Wildman–Crippen MR) is 62.8 cm³/mol. The molecule has 0 spiro atoms. The molecule has 1 aromatic heterocycles. The Balaban J connectivity index is 2.90.